The Bertz CT molecular complexity index is 554. The lowest BCUT2D eigenvalue weighted by atomic mass is 9.81. The summed E-state index contributed by atoms with van der Waals surface area (Å²) in [6.07, 6.45) is 2.72. The van der Waals surface area contributed by atoms with E-state index in [0.29, 0.717) is 12.2 Å². The van der Waals surface area contributed by atoms with Crippen LogP contribution in [-0.2, 0) is 4.79 Å². The molecule has 1 fully saturated rings. The summed E-state index contributed by atoms with van der Waals surface area (Å²) in [5.41, 5.74) is 6.73. The van der Waals surface area contributed by atoms with Crippen molar-refractivity contribution < 1.29 is 4.79 Å². The Kier molecular flexibility index (Phi) is 3.17. The second-order valence-electron chi connectivity index (χ2n) is 6.68. The number of benzene rings is 1. The van der Waals surface area contributed by atoms with Crippen LogP contribution in [-0.4, -0.2) is 11.8 Å². The van der Waals surface area contributed by atoms with Crippen molar-refractivity contribution in [2.45, 2.75) is 46.1 Å². The van der Waals surface area contributed by atoms with Gasteiger partial charge >= 0.3 is 0 Å². The zero-order chi connectivity index (χ0) is 14.3. The zero-order valence-corrected chi connectivity index (χ0v) is 12.4. The van der Waals surface area contributed by atoms with Crippen LogP contribution >= 0.6 is 0 Å². The highest BCUT2D eigenvalue weighted by Gasteiger charge is 2.41. The van der Waals surface area contributed by atoms with Crippen LogP contribution in [0.5, 0.6) is 0 Å². The number of anilines is 1. The van der Waals surface area contributed by atoms with E-state index in [4.69, 9.17) is 0 Å². The van der Waals surface area contributed by atoms with Crippen LogP contribution in [0.2, 0.25) is 0 Å². The Labute approximate surface area is 120 Å². The van der Waals surface area contributed by atoms with Gasteiger partial charge in [0.15, 0.2) is 5.78 Å². The lowest BCUT2D eigenvalue weighted by Crippen LogP contribution is -2.40. The van der Waals surface area contributed by atoms with Gasteiger partial charge in [-0.05, 0) is 25.0 Å². The van der Waals surface area contributed by atoms with Crippen molar-refractivity contribution in [1.29, 1.82) is 0 Å². The molecule has 0 aromatic heterocycles. The van der Waals surface area contributed by atoms with Crippen molar-refractivity contribution in [3.8, 4) is 0 Å². The molecule has 1 heterocycles. The lowest BCUT2D eigenvalue weighted by Gasteiger charge is -2.31. The average molecular weight is 270 g/mol. The van der Waals surface area contributed by atoms with Gasteiger partial charge in [0.05, 0.1) is 11.7 Å². The third kappa shape index (κ3) is 2.16. The Morgan fingerprint density at radius 3 is 2.55 bits per heavy atom. The quantitative estimate of drug-likeness (QED) is 0.848. The van der Waals surface area contributed by atoms with Crippen molar-refractivity contribution in [2.24, 2.45) is 5.41 Å². The van der Waals surface area contributed by atoms with Gasteiger partial charge in [0, 0.05) is 23.1 Å². The van der Waals surface area contributed by atoms with Crippen LogP contribution in [0.1, 0.15) is 40.0 Å². The largest absolute Gasteiger partial charge is 0.294 e. The van der Waals surface area contributed by atoms with Crippen molar-refractivity contribution >= 4 is 11.5 Å². The first-order valence-electron chi connectivity index (χ1n) is 7.37. The van der Waals surface area contributed by atoms with E-state index in [1.54, 1.807) is 0 Å². The van der Waals surface area contributed by atoms with Gasteiger partial charge in [0.25, 0.3) is 0 Å². The standard InChI is InChI=1S/C17H22N2O/c1-17(2,3)16-15-13(10-7-11-14(15)20)18-19(16)12-8-5-4-6-9-12/h4-6,8-9,13,18H,7,10-11H2,1-3H3. The Balaban J connectivity index is 2.11. The molecule has 1 N–H and O–H groups in total. The molecule has 0 bridgehead atoms. The van der Waals surface area contributed by atoms with E-state index in [9.17, 15) is 4.79 Å². The highest BCUT2D eigenvalue weighted by atomic mass is 16.1. The number of carbonyl (C=O) groups excluding carboxylic acids is 1. The van der Waals surface area contributed by atoms with Gasteiger partial charge in [-0.3, -0.25) is 9.80 Å². The summed E-state index contributed by atoms with van der Waals surface area (Å²) in [7, 11) is 0. The minimum atomic E-state index is -0.0556. The normalized spacial score (nSPS) is 23.2. The molecule has 20 heavy (non-hydrogen) atoms. The molecular formula is C17H22N2O. The molecule has 1 atom stereocenters. The highest BCUT2D eigenvalue weighted by molar-refractivity contribution is 5.99. The molecule has 1 saturated carbocycles. The van der Waals surface area contributed by atoms with E-state index >= 15 is 0 Å². The second-order valence-corrected chi connectivity index (χ2v) is 6.68. The molecule has 106 valence electrons. The molecule has 3 heteroatoms. The Morgan fingerprint density at radius 1 is 1.20 bits per heavy atom. The molecular weight excluding hydrogens is 248 g/mol. The average Bonchev–Trinajstić information content (AvgIpc) is 2.80. The van der Waals surface area contributed by atoms with Crippen molar-refractivity contribution in [2.75, 3.05) is 5.01 Å². The van der Waals surface area contributed by atoms with Crippen LogP contribution in [0.25, 0.3) is 0 Å². The third-order valence-electron chi connectivity index (χ3n) is 4.03. The number of hydrogen-bond acceptors (Lipinski definition) is 3. The van der Waals surface area contributed by atoms with Gasteiger partial charge in [-0.1, -0.05) is 39.0 Å². The Morgan fingerprint density at radius 2 is 1.90 bits per heavy atom. The van der Waals surface area contributed by atoms with Crippen LogP contribution in [0.4, 0.5) is 5.69 Å². The maximum atomic E-state index is 12.4. The minimum absolute atomic E-state index is 0.0556. The number of nitrogens with zero attached hydrogens (tertiary/aromatic N) is 1. The van der Waals surface area contributed by atoms with Crippen molar-refractivity contribution in [3.05, 3.63) is 41.6 Å². The van der Waals surface area contributed by atoms with Crippen LogP contribution in [0.15, 0.2) is 41.6 Å². The predicted octanol–water partition coefficient (Wildman–Crippen LogP) is 3.43. The maximum Gasteiger partial charge on any atom is 0.162 e. The first-order valence-corrected chi connectivity index (χ1v) is 7.37. The molecule has 3 rings (SSSR count). The molecule has 1 aromatic rings. The second kappa shape index (κ2) is 4.74. The van der Waals surface area contributed by atoms with E-state index in [1.165, 1.54) is 0 Å². The van der Waals surface area contributed by atoms with Crippen LogP contribution in [0.3, 0.4) is 0 Å². The van der Waals surface area contributed by atoms with Gasteiger partial charge in [0.1, 0.15) is 0 Å². The van der Waals surface area contributed by atoms with Crippen LogP contribution in [0, 0.1) is 5.41 Å². The fourth-order valence-corrected chi connectivity index (χ4v) is 3.23. The molecule has 1 unspecified atom stereocenters. The Hall–Kier alpha value is -1.61. The van der Waals surface area contributed by atoms with Gasteiger partial charge in [-0.2, -0.15) is 0 Å². The molecule has 3 nitrogen and oxygen atoms in total. The number of allylic oxidation sites excluding steroid dienone is 1. The number of hydrazine groups is 1. The number of nitrogens with one attached hydrogen (secondary N) is 1. The van der Waals surface area contributed by atoms with Crippen molar-refractivity contribution in [1.82, 2.24) is 5.43 Å². The lowest BCUT2D eigenvalue weighted by molar-refractivity contribution is -0.116. The van der Waals surface area contributed by atoms with E-state index in [1.807, 2.05) is 18.2 Å². The predicted molar refractivity (Wildman–Crippen MR) is 81.2 cm³/mol. The smallest absolute Gasteiger partial charge is 0.162 e. The summed E-state index contributed by atoms with van der Waals surface area (Å²) in [5.74, 6) is 0.317. The van der Waals surface area contributed by atoms with E-state index in [0.717, 1.165) is 29.8 Å². The summed E-state index contributed by atoms with van der Waals surface area (Å²) >= 11 is 0. The van der Waals surface area contributed by atoms with E-state index in [-0.39, 0.29) is 11.5 Å². The summed E-state index contributed by atoms with van der Waals surface area (Å²) in [4.78, 5) is 12.4. The molecule has 1 aliphatic heterocycles. The van der Waals surface area contributed by atoms with Gasteiger partial charge < -0.3 is 0 Å². The monoisotopic (exact) mass is 270 g/mol. The fourth-order valence-electron chi connectivity index (χ4n) is 3.23. The topological polar surface area (TPSA) is 32.3 Å². The number of para-hydroxylation sites is 1. The molecule has 1 aromatic carbocycles. The summed E-state index contributed by atoms with van der Waals surface area (Å²) in [5, 5.41) is 2.13. The molecule has 0 amide bonds. The first kappa shape index (κ1) is 13.4. The van der Waals surface area contributed by atoms with Gasteiger partial charge in [-0.15, -0.1) is 0 Å². The number of fused-ring (bicyclic) bond motifs is 1. The minimum Gasteiger partial charge on any atom is -0.294 e. The number of rotatable bonds is 1. The molecule has 0 saturated heterocycles. The third-order valence-corrected chi connectivity index (χ3v) is 4.03. The van der Waals surface area contributed by atoms with E-state index in [2.05, 4.69) is 43.3 Å². The molecule has 1 aliphatic carbocycles. The van der Waals surface area contributed by atoms with Crippen LogP contribution < -0.4 is 10.4 Å². The number of carbonyl (C=O) groups is 1. The number of hydrogen-bond donors (Lipinski definition) is 1. The number of ketones is 1. The SMILES string of the molecule is CC(C)(C)C1=C2C(=O)CCCC2NN1c1ccccc1. The first-order chi connectivity index (χ1) is 9.48. The highest BCUT2D eigenvalue weighted by Crippen LogP contribution is 2.41. The summed E-state index contributed by atoms with van der Waals surface area (Å²) < 4.78 is 0. The maximum absolute atomic E-state index is 12.4. The van der Waals surface area contributed by atoms with E-state index < -0.39 is 0 Å². The molecule has 2 aliphatic rings. The van der Waals surface area contributed by atoms with Gasteiger partial charge in [0.2, 0.25) is 0 Å². The molecule has 0 spiro atoms. The fraction of sp³-hybridized carbons (Fsp3) is 0.471. The van der Waals surface area contributed by atoms with Crippen molar-refractivity contribution in [3.63, 3.8) is 0 Å². The van der Waals surface area contributed by atoms with Gasteiger partial charge in [-0.25, -0.2) is 5.43 Å². The summed E-state index contributed by atoms with van der Waals surface area (Å²) in [6.45, 7) is 6.53. The zero-order valence-electron chi connectivity index (χ0n) is 12.4. The number of Topliss-reactive ketones (excluding diaryl/α,β-unsaturated/α-hetero) is 1. The molecule has 0 radical (unpaired) electrons. The summed E-state index contributed by atoms with van der Waals surface area (Å²) in [6, 6.07) is 10.4.